The maximum atomic E-state index is 4.74. The summed E-state index contributed by atoms with van der Waals surface area (Å²) in [7, 11) is 0. The molecule has 0 amide bonds. The Bertz CT molecular complexity index is 726. The van der Waals surface area contributed by atoms with Crippen LogP contribution in [-0.4, -0.2) is 58.3 Å². The van der Waals surface area contributed by atoms with Gasteiger partial charge < -0.3 is 15.5 Å². The Balaban J connectivity index is 1.49. The average Bonchev–Trinajstić information content (AvgIpc) is 3.26. The van der Waals surface area contributed by atoms with Crippen molar-refractivity contribution < 1.29 is 0 Å². The SMILES string of the molecule is CCNC(=NCc1cccc(-c2ncn[nH]2)c1)NCCCN1CCCCC1C. The van der Waals surface area contributed by atoms with Gasteiger partial charge in [-0.25, -0.2) is 9.98 Å². The first-order valence-electron chi connectivity index (χ1n) is 10.5. The van der Waals surface area contributed by atoms with Gasteiger partial charge in [0.15, 0.2) is 11.8 Å². The molecule has 1 aromatic heterocycles. The predicted molar refractivity (Wildman–Crippen MR) is 114 cm³/mol. The molecule has 1 fully saturated rings. The number of nitrogens with zero attached hydrogens (tertiary/aromatic N) is 4. The van der Waals surface area contributed by atoms with Crippen LogP contribution >= 0.6 is 0 Å². The van der Waals surface area contributed by atoms with Gasteiger partial charge in [0.25, 0.3) is 0 Å². The molecule has 28 heavy (non-hydrogen) atoms. The highest BCUT2D eigenvalue weighted by atomic mass is 15.2. The van der Waals surface area contributed by atoms with E-state index in [0.717, 1.165) is 55.0 Å². The van der Waals surface area contributed by atoms with Crippen LogP contribution in [0, 0.1) is 0 Å². The minimum atomic E-state index is 0.625. The number of benzene rings is 1. The zero-order valence-corrected chi connectivity index (χ0v) is 17.1. The van der Waals surface area contributed by atoms with E-state index in [0.29, 0.717) is 6.54 Å². The van der Waals surface area contributed by atoms with Crippen LogP contribution in [0.3, 0.4) is 0 Å². The standard InChI is InChI=1S/C21H33N7/c1-3-22-21(23-11-7-13-28-12-5-4-8-17(28)2)24-15-18-9-6-10-19(14-18)20-25-16-26-27-20/h6,9-10,14,16-17H,3-5,7-8,11-13,15H2,1-2H3,(H2,22,23,24)(H,25,26,27). The maximum Gasteiger partial charge on any atom is 0.191 e. The number of likely N-dealkylation sites (tertiary alicyclic amines) is 1. The minimum absolute atomic E-state index is 0.625. The number of H-pyrrole nitrogens is 1. The molecule has 2 aromatic rings. The Morgan fingerprint density at radius 1 is 1.32 bits per heavy atom. The lowest BCUT2D eigenvalue weighted by Gasteiger charge is -2.33. The van der Waals surface area contributed by atoms with E-state index in [1.165, 1.54) is 32.1 Å². The number of guanidine groups is 1. The Kier molecular flexibility index (Phi) is 7.84. The van der Waals surface area contributed by atoms with Crippen molar-refractivity contribution in [2.75, 3.05) is 26.2 Å². The molecule has 7 nitrogen and oxygen atoms in total. The number of hydrogen-bond donors (Lipinski definition) is 3. The summed E-state index contributed by atoms with van der Waals surface area (Å²) >= 11 is 0. The molecule has 2 heterocycles. The molecule has 1 aliphatic rings. The molecule has 0 bridgehead atoms. The molecule has 1 saturated heterocycles. The Morgan fingerprint density at radius 2 is 2.25 bits per heavy atom. The summed E-state index contributed by atoms with van der Waals surface area (Å²) in [5.74, 6) is 1.65. The molecule has 1 aromatic carbocycles. The fraction of sp³-hybridized carbons (Fsp3) is 0.571. The van der Waals surface area contributed by atoms with E-state index < -0.39 is 0 Å². The van der Waals surface area contributed by atoms with Gasteiger partial charge in [0.05, 0.1) is 6.54 Å². The molecule has 152 valence electrons. The Morgan fingerprint density at radius 3 is 3.04 bits per heavy atom. The van der Waals surface area contributed by atoms with E-state index >= 15 is 0 Å². The molecule has 3 N–H and O–H groups in total. The number of aliphatic imine (C=N–C) groups is 1. The summed E-state index contributed by atoms with van der Waals surface area (Å²) in [6.45, 7) is 9.27. The van der Waals surface area contributed by atoms with Crippen molar-refractivity contribution in [2.24, 2.45) is 4.99 Å². The van der Waals surface area contributed by atoms with Crippen molar-refractivity contribution in [3.63, 3.8) is 0 Å². The Hall–Kier alpha value is -2.41. The highest BCUT2D eigenvalue weighted by Crippen LogP contribution is 2.17. The summed E-state index contributed by atoms with van der Waals surface area (Å²) < 4.78 is 0. The molecule has 1 atom stereocenters. The van der Waals surface area contributed by atoms with E-state index in [4.69, 9.17) is 4.99 Å². The van der Waals surface area contributed by atoms with Gasteiger partial charge in [0, 0.05) is 31.2 Å². The largest absolute Gasteiger partial charge is 0.357 e. The Labute approximate surface area is 168 Å². The topological polar surface area (TPSA) is 81.2 Å². The highest BCUT2D eigenvalue weighted by Gasteiger charge is 2.17. The first-order chi connectivity index (χ1) is 13.8. The van der Waals surface area contributed by atoms with Gasteiger partial charge in [-0.1, -0.05) is 24.6 Å². The molecule has 3 rings (SSSR count). The average molecular weight is 384 g/mol. The smallest absolute Gasteiger partial charge is 0.191 e. The number of aromatic nitrogens is 3. The molecule has 0 spiro atoms. The summed E-state index contributed by atoms with van der Waals surface area (Å²) in [4.78, 5) is 11.6. The zero-order valence-electron chi connectivity index (χ0n) is 17.1. The van der Waals surface area contributed by atoms with Crippen LogP contribution < -0.4 is 10.6 Å². The molecule has 0 saturated carbocycles. The van der Waals surface area contributed by atoms with Crippen molar-refractivity contribution in [3.8, 4) is 11.4 Å². The number of aromatic amines is 1. The van der Waals surface area contributed by atoms with Crippen molar-refractivity contribution >= 4 is 5.96 Å². The number of hydrogen-bond acceptors (Lipinski definition) is 4. The second-order valence-corrected chi connectivity index (χ2v) is 7.39. The van der Waals surface area contributed by atoms with Crippen LogP contribution in [-0.2, 0) is 6.54 Å². The molecule has 1 aliphatic heterocycles. The number of piperidine rings is 1. The van der Waals surface area contributed by atoms with Crippen molar-refractivity contribution in [3.05, 3.63) is 36.2 Å². The molecule has 0 radical (unpaired) electrons. The first kappa shape index (κ1) is 20.3. The van der Waals surface area contributed by atoms with Gasteiger partial charge in [-0.15, -0.1) is 0 Å². The lowest BCUT2D eigenvalue weighted by Crippen LogP contribution is -2.41. The minimum Gasteiger partial charge on any atom is -0.357 e. The number of nitrogens with one attached hydrogen (secondary N) is 3. The third kappa shape index (κ3) is 6.05. The van der Waals surface area contributed by atoms with Gasteiger partial charge in [0.1, 0.15) is 6.33 Å². The van der Waals surface area contributed by atoms with Crippen LogP contribution in [0.25, 0.3) is 11.4 Å². The van der Waals surface area contributed by atoms with E-state index in [-0.39, 0.29) is 0 Å². The van der Waals surface area contributed by atoms with Crippen molar-refractivity contribution in [1.82, 2.24) is 30.7 Å². The van der Waals surface area contributed by atoms with Gasteiger partial charge in [-0.3, -0.25) is 5.10 Å². The second-order valence-electron chi connectivity index (χ2n) is 7.39. The summed E-state index contributed by atoms with van der Waals surface area (Å²) in [6, 6.07) is 8.98. The van der Waals surface area contributed by atoms with Gasteiger partial charge in [0.2, 0.25) is 0 Å². The molecular formula is C21H33N7. The normalized spacial score (nSPS) is 18.2. The lowest BCUT2D eigenvalue weighted by molar-refractivity contribution is 0.159. The monoisotopic (exact) mass is 383 g/mol. The van der Waals surface area contributed by atoms with Crippen LogP contribution in [0.15, 0.2) is 35.6 Å². The van der Waals surface area contributed by atoms with E-state index in [1.807, 2.05) is 12.1 Å². The molecule has 1 unspecified atom stereocenters. The fourth-order valence-corrected chi connectivity index (χ4v) is 3.65. The van der Waals surface area contributed by atoms with Crippen LogP contribution in [0.5, 0.6) is 0 Å². The molecule has 0 aliphatic carbocycles. The highest BCUT2D eigenvalue weighted by molar-refractivity contribution is 5.79. The summed E-state index contributed by atoms with van der Waals surface area (Å²) in [5.41, 5.74) is 2.17. The van der Waals surface area contributed by atoms with Crippen molar-refractivity contribution in [1.29, 1.82) is 0 Å². The van der Waals surface area contributed by atoms with Crippen LogP contribution in [0.1, 0.15) is 45.1 Å². The van der Waals surface area contributed by atoms with Gasteiger partial charge in [-0.2, -0.15) is 5.10 Å². The maximum absolute atomic E-state index is 4.74. The second kappa shape index (κ2) is 10.8. The number of rotatable bonds is 8. The van der Waals surface area contributed by atoms with E-state index in [9.17, 15) is 0 Å². The predicted octanol–water partition coefficient (Wildman–Crippen LogP) is 2.79. The first-order valence-corrected chi connectivity index (χ1v) is 10.5. The van der Waals surface area contributed by atoms with Crippen molar-refractivity contribution in [2.45, 2.75) is 52.1 Å². The summed E-state index contributed by atoms with van der Waals surface area (Å²) in [5, 5.41) is 13.6. The van der Waals surface area contributed by atoms with Gasteiger partial charge >= 0.3 is 0 Å². The third-order valence-electron chi connectivity index (χ3n) is 5.23. The lowest BCUT2D eigenvalue weighted by atomic mass is 10.0. The third-order valence-corrected chi connectivity index (χ3v) is 5.23. The van der Waals surface area contributed by atoms with Crippen LogP contribution in [0.2, 0.25) is 0 Å². The molecular weight excluding hydrogens is 350 g/mol. The summed E-state index contributed by atoms with van der Waals surface area (Å²) in [6.07, 6.45) is 6.72. The molecule has 7 heteroatoms. The fourth-order valence-electron chi connectivity index (χ4n) is 3.65. The zero-order chi connectivity index (χ0) is 19.6. The quantitative estimate of drug-likeness (QED) is 0.371. The van der Waals surface area contributed by atoms with E-state index in [2.05, 4.69) is 56.7 Å². The van der Waals surface area contributed by atoms with Gasteiger partial charge in [-0.05, 0) is 51.3 Å². The van der Waals surface area contributed by atoms with E-state index in [1.54, 1.807) is 0 Å². The van der Waals surface area contributed by atoms with Crippen LogP contribution in [0.4, 0.5) is 0 Å².